The Bertz CT molecular complexity index is 458. The lowest BCUT2D eigenvalue weighted by Crippen LogP contribution is -2.55. The Morgan fingerprint density at radius 3 is 2.72 bits per heavy atom. The summed E-state index contributed by atoms with van der Waals surface area (Å²) in [5, 5.41) is 2.67. The second-order valence-electron chi connectivity index (χ2n) is 4.88. The first kappa shape index (κ1) is 13.0. The van der Waals surface area contributed by atoms with E-state index in [4.69, 9.17) is 5.73 Å². The maximum absolute atomic E-state index is 13.3. The standard InChI is InChI=1S/C13H16F2N2O/c14-10-4-1-3-9(12(10)15)7-11(18)17-8-13(16)5-2-6-13/h1,3-4H,2,5-8,16H2,(H,17,18). The van der Waals surface area contributed by atoms with Gasteiger partial charge in [-0.05, 0) is 25.3 Å². The highest BCUT2D eigenvalue weighted by atomic mass is 19.2. The third-order valence-corrected chi connectivity index (χ3v) is 3.37. The van der Waals surface area contributed by atoms with Crippen molar-refractivity contribution in [3.05, 3.63) is 35.4 Å². The topological polar surface area (TPSA) is 55.1 Å². The van der Waals surface area contributed by atoms with Gasteiger partial charge in [-0.25, -0.2) is 8.78 Å². The van der Waals surface area contributed by atoms with Crippen LogP contribution < -0.4 is 11.1 Å². The number of benzene rings is 1. The van der Waals surface area contributed by atoms with Crippen molar-refractivity contribution in [2.24, 2.45) is 5.73 Å². The molecular formula is C13H16F2N2O. The van der Waals surface area contributed by atoms with Gasteiger partial charge in [-0.15, -0.1) is 0 Å². The Labute approximate surface area is 104 Å². The molecule has 0 radical (unpaired) electrons. The van der Waals surface area contributed by atoms with Crippen LogP contribution in [-0.2, 0) is 11.2 Å². The van der Waals surface area contributed by atoms with E-state index in [9.17, 15) is 13.6 Å². The average molecular weight is 254 g/mol. The van der Waals surface area contributed by atoms with Crippen LogP contribution in [0.1, 0.15) is 24.8 Å². The molecule has 0 bridgehead atoms. The summed E-state index contributed by atoms with van der Waals surface area (Å²) in [4.78, 5) is 11.6. The molecule has 0 spiro atoms. The van der Waals surface area contributed by atoms with Gasteiger partial charge in [-0.3, -0.25) is 4.79 Å². The van der Waals surface area contributed by atoms with Crippen molar-refractivity contribution >= 4 is 5.91 Å². The minimum absolute atomic E-state index is 0.0622. The van der Waals surface area contributed by atoms with E-state index < -0.39 is 11.6 Å². The molecular weight excluding hydrogens is 238 g/mol. The highest BCUT2D eigenvalue weighted by Crippen LogP contribution is 2.28. The molecule has 0 atom stereocenters. The van der Waals surface area contributed by atoms with Gasteiger partial charge < -0.3 is 11.1 Å². The van der Waals surface area contributed by atoms with Crippen molar-refractivity contribution in [3.63, 3.8) is 0 Å². The molecule has 3 N–H and O–H groups in total. The summed E-state index contributed by atoms with van der Waals surface area (Å²) in [6.45, 7) is 0.392. The summed E-state index contributed by atoms with van der Waals surface area (Å²) in [5.74, 6) is -2.23. The summed E-state index contributed by atoms with van der Waals surface area (Å²) in [7, 11) is 0. The van der Waals surface area contributed by atoms with Gasteiger partial charge in [0.1, 0.15) is 0 Å². The lowest BCUT2D eigenvalue weighted by Gasteiger charge is -2.38. The summed E-state index contributed by atoms with van der Waals surface area (Å²) >= 11 is 0. The van der Waals surface area contributed by atoms with E-state index in [0.29, 0.717) is 6.54 Å². The van der Waals surface area contributed by atoms with Crippen molar-refractivity contribution in [1.29, 1.82) is 0 Å². The van der Waals surface area contributed by atoms with Gasteiger partial charge >= 0.3 is 0 Å². The maximum atomic E-state index is 13.3. The molecule has 0 heterocycles. The Kier molecular flexibility index (Phi) is 3.61. The molecule has 2 rings (SSSR count). The molecule has 1 aromatic carbocycles. The third kappa shape index (κ3) is 2.85. The van der Waals surface area contributed by atoms with E-state index in [0.717, 1.165) is 25.3 Å². The highest BCUT2D eigenvalue weighted by Gasteiger charge is 2.32. The number of nitrogens with two attached hydrogens (primary N) is 1. The van der Waals surface area contributed by atoms with Crippen LogP contribution in [0, 0.1) is 11.6 Å². The van der Waals surface area contributed by atoms with Crippen molar-refractivity contribution in [2.45, 2.75) is 31.2 Å². The van der Waals surface area contributed by atoms with E-state index >= 15 is 0 Å². The summed E-state index contributed by atoms with van der Waals surface area (Å²) in [6, 6.07) is 3.82. The SMILES string of the molecule is NC1(CNC(=O)Cc2cccc(F)c2F)CCC1. The molecule has 0 unspecified atom stereocenters. The smallest absolute Gasteiger partial charge is 0.224 e. The fourth-order valence-corrected chi connectivity index (χ4v) is 2.00. The molecule has 3 nitrogen and oxygen atoms in total. The van der Waals surface area contributed by atoms with Crippen LogP contribution in [0.4, 0.5) is 8.78 Å². The molecule has 0 aliphatic heterocycles. The van der Waals surface area contributed by atoms with Gasteiger partial charge in [-0.2, -0.15) is 0 Å². The van der Waals surface area contributed by atoms with Crippen molar-refractivity contribution < 1.29 is 13.6 Å². The van der Waals surface area contributed by atoms with Crippen molar-refractivity contribution in [2.75, 3.05) is 6.54 Å². The zero-order valence-electron chi connectivity index (χ0n) is 10.0. The lowest BCUT2D eigenvalue weighted by atomic mass is 9.78. The largest absolute Gasteiger partial charge is 0.354 e. The first-order valence-corrected chi connectivity index (χ1v) is 5.99. The van der Waals surface area contributed by atoms with Gasteiger partial charge in [0, 0.05) is 17.6 Å². The highest BCUT2D eigenvalue weighted by molar-refractivity contribution is 5.78. The van der Waals surface area contributed by atoms with E-state index in [-0.39, 0.29) is 23.4 Å². The zero-order chi connectivity index (χ0) is 13.2. The average Bonchev–Trinajstić information content (AvgIpc) is 2.30. The quantitative estimate of drug-likeness (QED) is 0.855. The predicted molar refractivity (Wildman–Crippen MR) is 63.8 cm³/mol. The monoisotopic (exact) mass is 254 g/mol. The van der Waals surface area contributed by atoms with Crippen LogP contribution in [0.5, 0.6) is 0 Å². The Morgan fingerprint density at radius 2 is 2.11 bits per heavy atom. The molecule has 5 heteroatoms. The summed E-state index contributed by atoms with van der Waals surface area (Å²) in [6.07, 6.45) is 2.69. The molecule has 1 fully saturated rings. The molecule has 1 saturated carbocycles. The van der Waals surface area contributed by atoms with Crippen molar-refractivity contribution in [3.8, 4) is 0 Å². The zero-order valence-corrected chi connectivity index (χ0v) is 10.0. The molecule has 1 aromatic rings. The molecule has 98 valence electrons. The van der Waals surface area contributed by atoms with Crippen LogP contribution in [0.2, 0.25) is 0 Å². The first-order valence-electron chi connectivity index (χ1n) is 5.99. The fourth-order valence-electron chi connectivity index (χ4n) is 2.00. The normalized spacial score (nSPS) is 17.1. The number of hydrogen-bond donors (Lipinski definition) is 2. The number of hydrogen-bond acceptors (Lipinski definition) is 2. The Hall–Kier alpha value is -1.49. The minimum atomic E-state index is -0.959. The molecule has 0 saturated heterocycles. The number of nitrogens with one attached hydrogen (secondary N) is 1. The minimum Gasteiger partial charge on any atom is -0.354 e. The van der Waals surface area contributed by atoms with E-state index in [1.807, 2.05) is 0 Å². The molecule has 18 heavy (non-hydrogen) atoms. The predicted octanol–water partition coefficient (Wildman–Crippen LogP) is 1.50. The number of amides is 1. The van der Waals surface area contributed by atoms with Crippen LogP contribution in [0.3, 0.4) is 0 Å². The molecule has 0 aromatic heterocycles. The van der Waals surface area contributed by atoms with Gasteiger partial charge in [-0.1, -0.05) is 12.1 Å². The molecule has 1 amide bonds. The second-order valence-corrected chi connectivity index (χ2v) is 4.88. The van der Waals surface area contributed by atoms with Crippen LogP contribution >= 0.6 is 0 Å². The van der Waals surface area contributed by atoms with Gasteiger partial charge in [0.05, 0.1) is 6.42 Å². The van der Waals surface area contributed by atoms with Crippen LogP contribution in [-0.4, -0.2) is 18.0 Å². The second kappa shape index (κ2) is 5.02. The summed E-state index contributed by atoms with van der Waals surface area (Å²) in [5.41, 5.74) is 5.70. The lowest BCUT2D eigenvalue weighted by molar-refractivity contribution is -0.120. The third-order valence-electron chi connectivity index (χ3n) is 3.37. The number of halogens is 2. The molecule has 1 aliphatic rings. The van der Waals surface area contributed by atoms with Gasteiger partial charge in [0.15, 0.2) is 11.6 Å². The first-order chi connectivity index (χ1) is 8.50. The van der Waals surface area contributed by atoms with Crippen LogP contribution in [0.25, 0.3) is 0 Å². The molecule has 1 aliphatic carbocycles. The van der Waals surface area contributed by atoms with Gasteiger partial charge in [0.25, 0.3) is 0 Å². The Morgan fingerprint density at radius 1 is 1.39 bits per heavy atom. The van der Waals surface area contributed by atoms with Crippen LogP contribution in [0.15, 0.2) is 18.2 Å². The van der Waals surface area contributed by atoms with E-state index in [2.05, 4.69) is 5.32 Å². The maximum Gasteiger partial charge on any atom is 0.224 e. The number of carbonyl (C=O) groups excluding carboxylic acids is 1. The Balaban J connectivity index is 1.89. The number of carbonyl (C=O) groups is 1. The summed E-state index contributed by atoms with van der Waals surface area (Å²) < 4.78 is 26.3. The number of rotatable bonds is 4. The van der Waals surface area contributed by atoms with Gasteiger partial charge in [0.2, 0.25) is 5.91 Å². The van der Waals surface area contributed by atoms with Crippen molar-refractivity contribution in [1.82, 2.24) is 5.32 Å². The fraction of sp³-hybridized carbons (Fsp3) is 0.462. The van der Waals surface area contributed by atoms with E-state index in [1.165, 1.54) is 12.1 Å². The van der Waals surface area contributed by atoms with E-state index in [1.54, 1.807) is 0 Å².